The van der Waals surface area contributed by atoms with Gasteiger partial charge in [0.2, 0.25) is 0 Å². The Bertz CT molecular complexity index is 595. The highest BCUT2D eigenvalue weighted by molar-refractivity contribution is 8.00. The molecule has 0 bridgehead atoms. The summed E-state index contributed by atoms with van der Waals surface area (Å²) in [7, 11) is 0. The third-order valence-electron chi connectivity index (χ3n) is 2.26. The van der Waals surface area contributed by atoms with Gasteiger partial charge in [-0.2, -0.15) is 13.2 Å². The van der Waals surface area contributed by atoms with Crippen molar-refractivity contribution in [2.24, 2.45) is 0 Å². The molecule has 2 heterocycles. The number of aromatic carboxylic acids is 1. The van der Waals surface area contributed by atoms with Crippen molar-refractivity contribution in [3.05, 3.63) is 23.2 Å². The predicted molar refractivity (Wildman–Crippen MR) is 68.8 cm³/mol. The van der Waals surface area contributed by atoms with Crippen LogP contribution < -0.4 is 0 Å². The van der Waals surface area contributed by atoms with Crippen LogP contribution in [0.1, 0.15) is 10.5 Å². The van der Waals surface area contributed by atoms with Crippen molar-refractivity contribution in [2.45, 2.75) is 12.1 Å². The lowest BCUT2D eigenvalue weighted by Crippen LogP contribution is -2.09. The minimum atomic E-state index is -4.32. The lowest BCUT2D eigenvalue weighted by atomic mass is 10.2. The van der Waals surface area contributed by atoms with Gasteiger partial charge in [-0.3, -0.25) is 0 Å². The Morgan fingerprint density at radius 2 is 2.25 bits per heavy atom. The average Bonchev–Trinajstić information content (AvgIpc) is 2.93. The van der Waals surface area contributed by atoms with Crippen LogP contribution in [0.2, 0.25) is 0 Å². The molecule has 5 nitrogen and oxygen atoms in total. The summed E-state index contributed by atoms with van der Waals surface area (Å²) in [5, 5.41) is 17.9. The summed E-state index contributed by atoms with van der Waals surface area (Å²) in [5.74, 6) is -1.52. The maximum atomic E-state index is 12.1. The van der Waals surface area contributed by atoms with Crippen molar-refractivity contribution >= 4 is 29.1 Å². The average molecular weight is 323 g/mol. The van der Waals surface area contributed by atoms with Gasteiger partial charge in [-0.1, -0.05) is 11.3 Å². The molecule has 0 aliphatic heterocycles. The quantitative estimate of drug-likeness (QED) is 0.916. The maximum absolute atomic E-state index is 12.1. The molecule has 0 amide bonds. The molecule has 0 aromatic carbocycles. The van der Waals surface area contributed by atoms with Crippen LogP contribution in [-0.4, -0.2) is 37.3 Å². The van der Waals surface area contributed by atoms with Crippen LogP contribution in [0, 0.1) is 0 Å². The molecule has 108 valence electrons. The summed E-state index contributed by atoms with van der Waals surface area (Å²) >= 11 is 1.09. The van der Waals surface area contributed by atoms with Gasteiger partial charge < -0.3 is 5.11 Å². The molecule has 10 heteroatoms. The van der Waals surface area contributed by atoms with Gasteiger partial charge >= 0.3 is 11.5 Å². The van der Waals surface area contributed by atoms with Gasteiger partial charge in [0.15, 0.2) is 5.69 Å². The first-order valence-electron chi connectivity index (χ1n) is 5.30. The molecule has 20 heavy (non-hydrogen) atoms. The fraction of sp³-hybridized carbons (Fsp3) is 0.300. The monoisotopic (exact) mass is 323 g/mol. The number of nitrogens with zero attached hydrogens (tertiary/aromatic N) is 3. The first-order valence-corrected chi connectivity index (χ1v) is 7.16. The second-order valence-electron chi connectivity index (χ2n) is 3.59. The largest absolute Gasteiger partial charge is 0.476 e. The Morgan fingerprint density at radius 3 is 2.80 bits per heavy atom. The molecule has 1 N–H and O–H groups in total. The molecule has 0 radical (unpaired) electrons. The molecule has 2 aromatic rings. The number of carboxylic acid groups (broad SMARTS) is 1. The number of alkyl halides is 3. The van der Waals surface area contributed by atoms with Gasteiger partial charge in [0.25, 0.3) is 0 Å². The highest BCUT2D eigenvalue weighted by atomic mass is 32.2. The maximum Gasteiger partial charge on any atom is 0.441 e. The summed E-state index contributed by atoms with van der Waals surface area (Å²) < 4.78 is 37.5. The first-order chi connectivity index (χ1) is 9.38. The molecule has 0 saturated carbocycles. The summed E-state index contributed by atoms with van der Waals surface area (Å²) in [4.78, 5) is 11.7. The van der Waals surface area contributed by atoms with E-state index in [0.717, 1.165) is 0 Å². The second-order valence-corrected chi connectivity index (χ2v) is 5.69. The minimum Gasteiger partial charge on any atom is -0.476 e. The van der Waals surface area contributed by atoms with Gasteiger partial charge in [-0.05, 0) is 23.2 Å². The number of carboxylic acids is 1. The SMILES string of the molecule is O=C(O)c1nnn(CCSC(F)(F)F)c1-c1cccs1. The summed E-state index contributed by atoms with van der Waals surface area (Å²) in [6.07, 6.45) is 0. The van der Waals surface area contributed by atoms with Gasteiger partial charge in [0.1, 0.15) is 5.69 Å². The van der Waals surface area contributed by atoms with E-state index in [1.165, 1.54) is 16.0 Å². The number of aryl methyl sites for hydroxylation is 1. The van der Waals surface area contributed by atoms with Crippen LogP contribution in [0.15, 0.2) is 17.5 Å². The summed E-state index contributed by atoms with van der Waals surface area (Å²) in [6.45, 7) is -0.0717. The van der Waals surface area contributed by atoms with Crippen LogP contribution in [0.3, 0.4) is 0 Å². The van der Waals surface area contributed by atoms with Crippen molar-refractivity contribution < 1.29 is 23.1 Å². The number of thiophene rings is 1. The van der Waals surface area contributed by atoms with E-state index in [1.54, 1.807) is 17.5 Å². The molecule has 0 unspecified atom stereocenters. The van der Waals surface area contributed by atoms with Crippen LogP contribution in [0.4, 0.5) is 13.2 Å². The van der Waals surface area contributed by atoms with Crippen LogP contribution in [0.5, 0.6) is 0 Å². The zero-order chi connectivity index (χ0) is 14.8. The van der Waals surface area contributed by atoms with Crippen molar-refractivity contribution in [3.8, 4) is 10.6 Å². The highest BCUT2D eigenvalue weighted by Gasteiger charge is 2.28. The first kappa shape index (κ1) is 14.9. The summed E-state index contributed by atoms with van der Waals surface area (Å²) in [5.41, 5.74) is -4.35. The molecule has 0 spiro atoms. The van der Waals surface area contributed by atoms with Crippen molar-refractivity contribution in [2.75, 3.05) is 5.75 Å². The number of halogens is 3. The fourth-order valence-corrected chi connectivity index (χ4v) is 2.79. The Hall–Kier alpha value is -1.55. The van der Waals surface area contributed by atoms with E-state index in [-0.39, 0.29) is 35.4 Å². The van der Waals surface area contributed by atoms with E-state index in [1.807, 2.05) is 0 Å². The molecule has 0 aliphatic rings. The topological polar surface area (TPSA) is 68.0 Å². The number of aromatic nitrogens is 3. The lowest BCUT2D eigenvalue weighted by molar-refractivity contribution is -0.0328. The van der Waals surface area contributed by atoms with Crippen molar-refractivity contribution in [3.63, 3.8) is 0 Å². The number of hydrogen-bond acceptors (Lipinski definition) is 5. The third-order valence-corrected chi connectivity index (χ3v) is 3.85. The molecule has 0 saturated heterocycles. The van der Waals surface area contributed by atoms with E-state index < -0.39 is 11.5 Å². The Kier molecular flexibility index (Phi) is 4.33. The Labute approximate surface area is 119 Å². The van der Waals surface area contributed by atoms with E-state index >= 15 is 0 Å². The van der Waals surface area contributed by atoms with Gasteiger partial charge in [-0.15, -0.1) is 16.4 Å². The minimum absolute atomic E-state index is 0.0717. The molecule has 0 fully saturated rings. The standard InChI is InChI=1S/C10H8F3N3O2S2/c11-10(12,13)20-5-3-16-8(6-2-1-4-19-6)7(9(17)18)14-15-16/h1-2,4H,3,5H2,(H,17,18). The van der Waals surface area contributed by atoms with E-state index in [0.29, 0.717) is 4.88 Å². The van der Waals surface area contributed by atoms with Gasteiger partial charge in [0, 0.05) is 5.75 Å². The number of carbonyl (C=O) groups is 1. The molecule has 0 aliphatic carbocycles. The molecule has 2 aromatic heterocycles. The Balaban J connectivity index is 2.23. The molecule has 2 rings (SSSR count). The van der Waals surface area contributed by atoms with E-state index in [9.17, 15) is 18.0 Å². The third kappa shape index (κ3) is 3.51. The molecule has 0 atom stereocenters. The zero-order valence-electron chi connectivity index (χ0n) is 9.79. The number of hydrogen-bond donors (Lipinski definition) is 1. The van der Waals surface area contributed by atoms with Crippen molar-refractivity contribution in [1.82, 2.24) is 15.0 Å². The van der Waals surface area contributed by atoms with Gasteiger partial charge in [0.05, 0.1) is 11.4 Å². The highest BCUT2D eigenvalue weighted by Crippen LogP contribution is 2.31. The van der Waals surface area contributed by atoms with Crippen LogP contribution in [-0.2, 0) is 6.54 Å². The van der Waals surface area contributed by atoms with Crippen LogP contribution in [0.25, 0.3) is 10.6 Å². The number of thioether (sulfide) groups is 1. The number of rotatable bonds is 5. The van der Waals surface area contributed by atoms with Crippen molar-refractivity contribution in [1.29, 1.82) is 0 Å². The zero-order valence-corrected chi connectivity index (χ0v) is 11.4. The lowest BCUT2D eigenvalue weighted by Gasteiger charge is -2.07. The second kappa shape index (κ2) is 5.83. The van der Waals surface area contributed by atoms with Gasteiger partial charge in [-0.25, -0.2) is 9.48 Å². The summed E-state index contributed by atoms with van der Waals surface area (Å²) in [6, 6.07) is 3.39. The van der Waals surface area contributed by atoms with E-state index in [4.69, 9.17) is 5.11 Å². The van der Waals surface area contributed by atoms with E-state index in [2.05, 4.69) is 10.3 Å². The predicted octanol–water partition coefficient (Wildman–Crippen LogP) is 2.96. The molecular weight excluding hydrogens is 315 g/mol. The Morgan fingerprint density at radius 1 is 1.50 bits per heavy atom. The smallest absolute Gasteiger partial charge is 0.441 e. The normalized spacial score (nSPS) is 11.8. The fourth-order valence-electron chi connectivity index (χ4n) is 1.52. The molecular formula is C10H8F3N3O2S2. The van der Waals surface area contributed by atoms with Crippen LogP contribution >= 0.6 is 23.1 Å².